The van der Waals surface area contributed by atoms with Crippen LogP contribution in [0.2, 0.25) is 0 Å². The maximum absolute atomic E-state index is 6.74. The van der Waals surface area contributed by atoms with Gasteiger partial charge in [0.1, 0.15) is 23.4 Å². The fraction of sp³-hybridized carbons (Fsp3) is 0.526. The Morgan fingerprint density at radius 3 is 2.33 bits per heavy atom. The van der Waals surface area contributed by atoms with Gasteiger partial charge in [0.05, 0.1) is 13.2 Å². The second-order valence-electron chi connectivity index (χ2n) is 12.9. The summed E-state index contributed by atoms with van der Waals surface area (Å²) >= 11 is 0. The van der Waals surface area contributed by atoms with Gasteiger partial charge in [0.2, 0.25) is 0 Å². The van der Waals surface area contributed by atoms with Crippen LogP contribution < -0.4 is 14.2 Å². The van der Waals surface area contributed by atoms with Crippen LogP contribution in [0.3, 0.4) is 0 Å². The first kappa shape index (κ1) is 30.5. The lowest BCUT2D eigenvalue weighted by molar-refractivity contribution is 0.191. The molecule has 3 aromatic carbocycles. The molecule has 4 heteroatoms. The molecule has 0 radical (unpaired) electrons. The van der Waals surface area contributed by atoms with Crippen molar-refractivity contribution in [3.8, 4) is 28.4 Å². The monoisotopic (exact) mass is 569 g/mol. The molecule has 226 valence electrons. The third-order valence-electron chi connectivity index (χ3n) is 9.30. The van der Waals surface area contributed by atoms with E-state index in [9.17, 15) is 0 Å². The van der Waals surface area contributed by atoms with Gasteiger partial charge in [0.15, 0.2) is 0 Å². The molecular formula is C38H51NO3. The van der Waals surface area contributed by atoms with Gasteiger partial charge in [-0.3, -0.25) is 4.90 Å². The average Bonchev–Trinajstić information content (AvgIpc) is 3.52. The number of nitrogens with zero attached hydrogens (tertiary/aromatic N) is 1. The van der Waals surface area contributed by atoms with E-state index in [1.165, 1.54) is 51.8 Å². The number of hydrogen-bond acceptors (Lipinski definition) is 4. The second kappa shape index (κ2) is 13.5. The minimum absolute atomic E-state index is 0.0409. The minimum atomic E-state index is 0.0409. The van der Waals surface area contributed by atoms with Crippen LogP contribution in [-0.2, 0) is 12.8 Å². The van der Waals surface area contributed by atoms with Crippen molar-refractivity contribution in [2.24, 2.45) is 5.92 Å². The Kier molecular flexibility index (Phi) is 9.83. The van der Waals surface area contributed by atoms with E-state index in [1.807, 2.05) is 6.92 Å². The third kappa shape index (κ3) is 6.64. The Labute approximate surface area is 254 Å². The molecule has 0 amide bonds. The Bertz CT molecular complexity index is 1350. The summed E-state index contributed by atoms with van der Waals surface area (Å²) in [6.07, 6.45) is 6.72. The topological polar surface area (TPSA) is 30.9 Å². The van der Waals surface area contributed by atoms with Crippen LogP contribution in [0.5, 0.6) is 17.2 Å². The average molecular weight is 570 g/mol. The van der Waals surface area contributed by atoms with Crippen molar-refractivity contribution in [2.75, 3.05) is 19.8 Å². The molecule has 0 bridgehead atoms. The van der Waals surface area contributed by atoms with Crippen LogP contribution in [0.4, 0.5) is 0 Å². The molecule has 5 rings (SSSR count). The van der Waals surface area contributed by atoms with Crippen molar-refractivity contribution in [3.05, 3.63) is 76.3 Å². The number of fused-ring (bicyclic) bond motifs is 1. The number of rotatable bonds is 12. The smallest absolute Gasteiger partial charge is 0.126 e. The summed E-state index contributed by atoms with van der Waals surface area (Å²) in [6, 6.07) is 19.0. The number of benzene rings is 3. The maximum Gasteiger partial charge on any atom is 0.126 e. The lowest BCUT2D eigenvalue weighted by Gasteiger charge is -2.25. The summed E-state index contributed by atoms with van der Waals surface area (Å²) < 4.78 is 19.1. The highest BCUT2D eigenvalue weighted by molar-refractivity contribution is 5.74. The molecule has 3 aromatic rings. The first-order chi connectivity index (χ1) is 20.3. The first-order valence-corrected chi connectivity index (χ1v) is 16.3. The van der Waals surface area contributed by atoms with E-state index >= 15 is 0 Å². The predicted molar refractivity (Wildman–Crippen MR) is 174 cm³/mol. The molecule has 1 aliphatic carbocycles. The SMILES string of the molecule is CCOc1cc(O[C@H]2CCc3c(-c4cccc(OCCCN5C(C)CC[C@H]5C)c4C)cccc32)c(C)cc1CC(C)C. The molecule has 0 spiro atoms. The van der Waals surface area contributed by atoms with Gasteiger partial charge in [-0.15, -0.1) is 0 Å². The lowest BCUT2D eigenvalue weighted by atomic mass is 9.93. The van der Waals surface area contributed by atoms with Gasteiger partial charge in [-0.05, 0) is 130 Å². The van der Waals surface area contributed by atoms with E-state index in [2.05, 4.69) is 95.0 Å². The van der Waals surface area contributed by atoms with Gasteiger partial charge < -0.3 is 14.2 Å². The third-order valence-corrected chi connectivity index (χ3v) is 9.30. The van der Waals surface area contributed by atoms with Crippen molar-refractivity contribution in [1.29, 1.82) is 0 Å². The van der Waals surface area contributed by atoms with Crippen LogP contribution >= 0.6 is 0 Å². The molecular weight excluding hydrogens is 518 g/mol. The molecule has 1 saturated heterocycles. The van der Waals surface area contributed by atoms with Crippen LogP contribution in [0.25, 0.3) is 11.1 Å². The quantitative estimate of drug-likeness (QED) is 0.203. The maximum atomic E-state index is 6.74. The first-order valence-electron chi connectivity index (χ1n) is 16.3. The zero-order valence-electron chi connectivity index (χ0n) is 27.0. The fourth-order valence-electron chi connectivity index (χ4n) is 7.07. The number of hydrogen-bond donors (Lipinski definition) is 0. The van der Waals surface area contributed by atoms with Gasteiger partial charge in [-0.2, -0.15) is 0 Å². The predicted octanol–water partition coefficient (Wildman–Crippen LogP) is 9.28. The van der Waals surface area contributed by atoms with Crippen LogP contribution in [0.1, 0.15) is 94.2 Å². The summed E-state index contributed by atoms with van der Waals surface area (Å²) in [7, 11) is 0. The Balaban J connectivity index is 1.31. The summed E-state index contributed by atoms with van der Waals surface area (Å²) in [4.78, 5) is 2.64. The highest BCUT2D eigenvalue weighted by atomic mass is 16.5. The molecule has 1 fully saturated rings. The molecule has 1 heterocycles. The highest BCUT2D eigenvalue weighted by Crippen LogP contribution is 2.43. The molecule has 0 N–H and O–H groups in total. The van der Waals surface area contributed by atoms with Crippen molar-refractivity contribution in [1.82, 2.24) is 4.90 Å². The molecule has 1 unspecified atom stereocenters. The van der Waals surface area contributed by atoms with Crippen LogP contribution in [-0.4, -0.2) is 36.7 Å². The van der Waals surface area contributed by atoms with Crippen molar-refractivity contribution in [2.45, 2.75) is 105 Å². The van der Waals surface area contributed by atoms with E-state index in [-0.39, 0.29) is 6.10 Å². The van der Waals surface area contributed by atoms with Crippen molar-refractivity contribution >= 4 is 0 Å². The van der Waals surface area contributed by atoms with E-state index < -0.39 is 0 Å². The van der Waals surface area contributed by atoms with E-state index in [1.54, 1.807) is 0 Å². The molecule has 42 heavy (non-hydrogen) atoms. The highest BCUT2D eigenvalue weighted by Gasteiger charge is 2.29. The number of likely N-dealkylation sites (tertiary alicyclic amines) is 1. The van der Waals surface area contributed by atoms with Gasteiger partial charge in [-0.1, -0.05) is 44.2 Å². The van der Waals surface area contributed by atoms with E-state index in [0.717, 1.165) is 56.1 Å². The molecule has 0 aromatic heterocycles. The molecule has 3 atom stereocenters. The number of ether oxygens (including phenoxy) is 3. The summed E-state index contributed by atoms with van der Waals surface area (Å²) in [5.74, 6) is 3.46. The van der Waals surface area contributed by atoms with Crippen molar-refractivity contribution < 1.29 is 14.2 Å². The molecule has 4 nitrogen and oxygen atoms in total. The van der Waals surface area contributed by atoms with Gasteiger partial charge in [0.25, 0.3) is 0 Å². The van der Waals surface area contributed by atoms with Gasteiger partial charge in [-0.25, -0.2) is 0 Å². The Morgan fingerprint density at radius 2 is 1.60 bits per heavy atom. The summed E-state index contributed by atoms with van der Waals surface area (Å²) in [5, 5.41) is 0. The normalized spacial score (nSPS) is 20.2. The second-order valence-corrected chi connectivity index (χ2v) is 12.9. The molecule has 0 saturated carbocycles. The zero-order chi connectivity index (χ0) is 29.8. The fourth-order valence-corrected chi connectivity index (χ4v) is 7.07. The standard InChI is InChI=1S/C38H51NO3/c1-8-40-38-24-37(26(4)23-30(38)22-25(2)3)42-36-19-18-33-32(13-9-14-34(33)36)31-12-10-15-35(29(31)7)41-21-11-20-39-27(5)16-17-28(39)6/h9-10,12-15,23-25,27-28,36H,8,11,16-22H2,1-7H3/t27-,28?,36+/m1/s1. The Morgan fingerprint density at radius 1 is 0.857 bits per heavy atom. The summed E-state index contributed by atoms with van der Waals surface area (Å²) in [6.45, 7) is 18.1. The van der Waals surface area contributed by atoms with Crippen LogP contribution in [0.15, 0.2) is 48.5 Å². The van der Waals surface area contributed by atoms with Gasteiger partial charge >= 0.3 is 0 Å². The molecule has 1 aliphatic heterocycles. The van der Waals surface area contributed by atoms with Gasteiger partial charge in [0, 0.05) is 24.7 Å². The number of aryl methyl sites for hydroxylation is 1. The largest absolute Gasteiger partial charge is 0.493 e. The minimum Gasteiger partial charge on any atom is -0.493 e. The zero-order valence-corrected chi connectivity index (χ0v) is 27.0. The van der Waals surface area contributed by atoms with E-state index in [0.29, 0.717) is 24.6 Å². The lowest BCUT2D eigenvalue weighted by Crippen LogP contribution is -2.34. The van der Waals surface area contributed by atoms with Crippen molar-refractivity contribution in [3.63, 3.8) is 0 Å². The van der Waals surface area contributed by atoms with Crippen LogP contribution in [0, 0.1) is 19.8 Å². The Hall–Kier alpha value is -2.98. The summed E-state index contributed by atoms with van der Waals surface area (Å²) in [5.41, 5.74) is 8.93. The van der Waals surface area contributed by atoms with E-state index in [4.69, 9.17) is 14.2 Å². The molecule has 2 aliphatic rings.